The summed E-state index contributed by atoms with van der Waals surface area (Å²) < 4.78 is 72.0. The van der Waals surface area contributed by atoms with E-state index in [4.69, 9.17) is 0 Å². The summed E-state index contributed by atoms with van der Waals surface area (Å²) >= 11 is 0. The van der Waals surface area contributed by atoms with Crippen LogP contribution in [-0.2, 0) is 12.1 Å². The summed E-state index contributed by atoms with van der Waals surface area (Å²) in [7, 11) is 0. The van der Waals surface area contributed by atoms with Crippen molar-refractivity contribution in [2.45, 2.75) is 31.5 Å². The number of hydrogen-bond acceptors (Lipinski definition) is 5. The molecule has 4 aromatic rings. The first-order chi connectivity index (χ1) is 16.0. The number of aliphatic hydroxyl groups is 1. The zero-order valence-corrected chi connectivity index (χ0v) is 17.5. The Hall–Kier alpha value is -3.80. The molecule has 0 saturated heterocycles. The number of halogens is 5. The van der Waals surface area contributed by atoms with Gasteiger partial charge in [0, 0.05) is 23.2 Å². The molecular weight excluding hydrogens is 463 g/mol. The number of benzene rings is 2. The topological polar surface area (TPSA) is 82.2 Å². The SMILES string of the molecule is C[C@@H](n1ccc2cc(OC(F)(F)F)ccc2c1=O)[C@](O)(Cn1cncn1)c1ccc(F)cc1F. The van der Waals surface area contributed by atoms with Gasteiger partial charge in [-0.05, 0) is 42.6 Å². The van der Waals surface area contributed by atoms with Crippen molar-refractivity contribution >= 4 is 10.8 Å². The van der Waals surface area contributed by atoms with Gasteiger partial charge in [0.1, 0.15) is 35.6 Å². The zero-order chi connectivity index (χ0) is 24.7. The van der Waals surface area contributed by atoms with Gasteiger partial charge in [0.2, 0.25) is 0 Å². The van der Waals surface area contributed by atoms with Crippen molar-refractivity contribution in [1.29, 1.82) is 0 Å². The Morgan fingerprint density at radius 3 is 2.53 bits per heavy atom. The fourth-order valence-corrected chi connectivity index (χ4v) is 3.82. The highest BCUT2D eigenvalue weighted by atomic mass is 19.4. The van der Waals surface area contributed by atoms with E-state index in [9.17, 15) is 31.9 Å². The number of pyridine rings is 1. The van der Waals surface area contributed by atoms with E-state index in [2.05, 4.69) is 14.8 Å². The third kappa shape index (κ3) is 4.49. The minimum Gasteiger partial charge on any atom is -0.406 e. The first kappa shape index (κ1) is 23.4. The fraction of sp³-hybridized carbons (Fsp3) is 0.227. The molecule has 0 spiro atoms. The van der Waals surface area contributed by atoms with E-state index in [0.29, 0.717) is 6.07 Å². The van der Waals surface area contributed by atoms with Crippen LogP contribution < -0.4 is 10.3 Å². The average molecular weight is 480 g/mol. The lowest BCUT2D eigenvalue weighted by Gasteiger charge is -2.35. The maximum absolute atomic E-state index is 14.7. The summed E-state index contributed by atoms with van der Waals surface area (Å²) in [5, 5.41) is 15.8. The zero-order valence-electron chi connectivity index (χ0n) is 17.5. The maximum Gasteiger partial charge on any atom is 0.573 e. The number of fused-ring (bicyclic) bond motifs is 1. The number of aromatic nitrogens is 4. The monoisotopic (exact) mass is 480 g/mol. The Morgan fingerprint density at radius 1 is 1.12 bits per heavy atom. The summed E-state index contributed by atoms with van der Waals surface area (Å²) in [5.41, 5.74) is -3.02. The molecule has 0 unspecified atom stereocenters. The molecule has 178 valence electrons. The number of alkyl halides is 3. The van der Waals surface area contributed by atoms with Gasteiger partial charge in [-0.15, -0.1) is 13.2 Å². The second-order valence-corrected chi connectivity index (χ2v) is 7.64. The van der Waals surface area contributed by atoms with Crippen molar-refractivity contribution in [3.05, 3.63) is 88.9 Å². The van der Waals surface area contributed by atoms with Gasteiger partial charge < -0.3 is 14.4 Å². The highest BCUT2D eigenvalue weighted by molar-refractivity contribution is 5.82. The minimum absolute atomic E-state index is 0.0477. The Balaban J connectivity index is 1.81. The van der Waals surface area contributed by atoms with Gasteiger partial charge in [0.05, 0.1) is 12.6 Å². The summed E-state index contributed by atoms with van der Waals surface area (Å²) in [6, 6.07) is 6.12. The Bertz CT molecular complexity index is 1390. The van der Waals surface area contributed by atoms with Crippen LogP contribution in [0.1, 0.15) is 18.5 Å². The quantitative estimate of drug-likeness (QED) is 0.423. The molecule has 4 rings (SSSR count). The van der Waals surface area contributed by atoms with Crippen molar-refractivity contribution in [3.63, 3.8) is 0 Å². The number of hydrogen-bond donors (Lipinski definition) is 1. The molecule has 0 aliphatic carbocycles. The molecule has 0 fully saturated rings. The maximum atomic E-state index is 14.7. The summed E-state index contributed by atoms with van der Waals surface area (Å²) in [6.07, 6.45) is -1.14. The summed E-state index contributed by atoms with van der Waals surface area (Å²) in [6.45, 7) is 1.12. The van der Waals surface area contributed by atoms with E-state index in [1.54, 1.807) is 0 Å². The Labute approximate surface area is 188 Å². The third-order valence-electron chi connectivity index (χ3n) is 5.51. The van der Waals surface area contributed by atoms with Gasteiger partial charge in [0.15, 0.2) is 0 Å². The standard InChI is InChI=1S/C22H17F5N4O3/c1-13(21(33,10-30-12-28-11-29-30)18-5-2-15(23)9-19(18)24)31-7-6-14-8-16(34-22(25,26)27)3-4-17(14)20(31)32/h2-9,11-13,33H,10H2,1H3/t13-,21-/m1/s1. The largest absolute Gasteiger partial charge is 0.573 e. The van der Waals surface area contributed by atoms with Crippen LogP contribution in [0.2, 0.25) is 0 Å². The van der Waals surface area contributed by atoms with Crippen molar-refractivity contribution in [2.75, 3.05) is 0 Å². The first-order valence-electron chi connectivity index (χ1n) is 9.89. The molecule has 0 aliphatic heterocycles. The molecule has 1 N–H and O–H groups in total. The molecule has 2 atom stereocenters. The van der Waals surface area contributed by atoms with Crippen molar-refractivity contribution in [1.82, 2.24) is 19.3 Å². The van der Waals surface area contributed by atoms with Gasteiger partial charge >= 0.3 is 6.36 Å². The van der Waals surface area contributed by atoms with E-state index in [1.807, 2.05) is 0 Å². The molecule has 2 aromatic carbocycles. The van der Waals surface area contributed by atoms with E-state index in [1.165, 1.54) is 36.5 Å². The van der Waals surface area contributed by atoms with Gasteiger partial charge in [-0.3, -0.25) is 4.79 Å². The van der Waals surface area contributed by atoms with E-state index >= 15 is 0 Å². The molecule has 12 heteroatoms. The smallest absolute Gasteiger partial charge is 0.406 e. The van der Waals surface area contributed by atoms with Crippen LogP contribution in [0.3, 0.4) is 0 Å². The second kappa shape index (κ2) is 8.52. The highest BCUT2D eigenvalue weighted by Crippen LogP contribution is 2.36. The van der Waals surface area contributed by atoms with Gasteiger partial charge in [-0.1, -0.05) is 6.07 Å². The van der Waals surface area contributed by atoms with E-state index in [0.717, 1.165) is 34.9 Å². The molecule has 0 bridgehead atoms. The number of nitrogens with zero attached hydrogens (tertiary/aromatic N) is 4. The molecule has 0 radical (unpaired) electrons. The van der Waals surface area contributed by atoms with E-state index < -0.39 is 40.9 Å². The molecule has 2 heterocycles. The van der Waals surface area contributed by atoms with Crippen LogP contribution in [0.25, 0.3) is 10.8 Å². The third-order valence-corrected chi connectivity index (χ3v) is 5.51. The fourth-order valence-electron chi connectivity index (χ4n) is 3.82. The molecule has 0 aliphatic rings. The highest BCUT2D eigenvalue weighted by Gasteiger charge is 2.41. The minimum atomic E-state index is -4.89. The van der Waals surface area contributed by atoms with Crippen LogP contribution in [-0.4, -0.2) is 30.8 Å². The van der Waals surface area contributed by atoms with Crippen molar-refractivity contribution in [3.8, 4) is 5.75 Å². The summed E-state index contributed by atoms with van der Waals surface area (Å²) in [5.74, 6) is -2.38. The Kier molecular flexibility index (Phi) is 5.86. The first-order valence-corrected chi connectivity index (χ1v) is 9.89. The number of rotatable bonds is 6. The lowest BCUT2D eigenvalue weighted by molar-refractivity contribution is -0.274. The Morgan fingerprint density at radius 2 is 1.88 bits per heavy atom. The molecule has 0 amide bonds. The van der Waals surface area contributed by atoms with Crippen molar-refractivity contribution < 1.29 is 31.8 Å². The van der Waals surface area contributed by atoms with Crippen molar-refractivity contribution in [2.24, 2.45) is 0 Å². The summed E-state index contributed by atoms with van der Waals surface area (Å²) in [4.78, 5) is 17.0. The predicted octanol–water partition coefficient (Wildman–Crippen LogP) is 3.92. The normalized spacial score (nSPS) is 14.7. The molecule has 7 nitrogen and oxygen atoms in total. The average Bonchev–Trinajstić information content (AvgIpc) is 3.25. The number of ether oxygens (including phenoxy) is 1. The van der Waals surface area contributed by atoms with Gasteiger partial charge in [0.25, 0.3) is 5.56 Å². The second-order valence-electron chi connectivity index (χ2n) is 7.64. The molecule has 34 heavy (non-hydrogen) atoms. The van der Waals surface area contributed by atoms with Gasteiger partial charge in [-0.2, -0.15) is 5.10 Å². The lowest BCUT2D eigenvalue weighted by Crippen LogP contribution is -2.43. The van der Waals surface area contributed by atoms with E-state index in [-0.39, 0.29) is 22.9 Å². The van der Waals surface area contributed by atoms with Crippen LogP contribution >= 0.6 is 0 Å². The predicted molar refractivity (Wildman–Crippen MR) is 110 cm³/mol. The molecule has 0 saturated carbocycles. The lowest BCUT2D eigenvalue weighted by atomic mass is 9.86. The van der Waals surface area contributed by atoms with Crippen LogP contribution in [0.5, 0.6) is 5.75 Å². The molecular formula is C22H17F5N4O3. The van der Waals surface area contributed by atoms with Crippen LogP contribution in [0.4, 0.5) is 22.0 Å². The van der Waals surface area contributed by atoms with Crippen LogP contribution in [0, 0.1) is 11.6 Å². The van der Waals surface area contributed by atoms with Gasteiger partial charge in [-0.25, -0.2) is 18.4 Å². The molecule has 2 aromatic heterocycles. The van der Waals surface area contributed by atoms with Crippen LogP contribution in [0.15, 0.2) is 66.1 Å².